The van der Waals surface area contributed by atoms with Crippen molar-refractivity contribution in [1.29, 1.82) is 0 Å². The lowest BCUT2D eigenvalue weighted by atomic mass is 10.2. The standard InChI is InChI=1S/C16H14Cl2N2O2/c1-9-4-6-12(8-13(9)18)19-15(21)16(22)20-14-7-11(17)5-3-10(14)2/h3-8H,1-2H3,(H,19,21)(H,20,22). The summed E-state index contributed by atoms with van der Waals surface area (Å²) in [6, 6.07) is 10.1. The van der Waals surface area contributed by atoms with E-state index in [9.17, 15) is 9.59 Å². The van der Waals surface area contributed by atoms with E-state index in [-0.39, 0.29) is 0 Å². The first kappa shape index (κ1) is 16.3. The lowest BCUT2D eigenvalue weighted by Crippen LogP contribution is -2.29. The molecule has 2 N–H and O–H groups in total. The van der Waals surface area contributed by atoms with Crippen LogP contribution in [-0.4, -0.2) is 11.8 Å². The number of hydrogen-bond acceptors (Lipinski definition) is 2. The van der Waals surface area contributed by atoms with Crippen molar-refractivity contribution < 1.29 is 9.59 Å². The highest BCUT2D eigenvalue weighted by Gasteiger charge is 2.15. The lowest BCUT2D eigenvalue weighted by molar-refractivity contribution is -0.133. The van der Waals surface area contributed by atoms with Crippen LogP contribution in [0.15, 0.2) is 36.4 Å². The molecule has 0 aliphatic heterocycles. The van der Waals surface area contributed by atoms with E-state index in [2.05, 4.69) is 10.6 Å². The summed E-state index contributed by atoms with van der Waals surface area (Å²) >= 11 is 11.9. The molecule has 4 nitrogen and oxygen atoms in total. The molecule has 2 aromatic carbocycles. The molecule has 0 radical (unpaired) electrons. The minimum atomic E-state index is -0.778. The zero-order valence-electron chi connectivity index (χ0n) is 12.0. The molecule has 0 aliphatic rings. The van der Waals surface area contributed by atoms with Gasteiger partial charge in [0.15, 0.2) is 0 Å². The first-order chi connectivity index (χ1) is 10.4. The zero-order chi connectivity index (χ0) is 16.3. The molecule has 0 bridgehead atoms. The molecular weight excluding hydrogens is 323 g/mol. The van der Waals surface area contributed by atoms with Crippen molar-refractivity contribution in [1.82, 2.24) is 0 Å². The van der Waals surface area contributed by atoms with Gasteiger partial charge in [-0.2, -0.15) is 0 Å². The smallest absolute Gasteiger partial charge is 0.314 e. The Morgan fingerprint density at radius 3 is 2.18 bits per heavy atom. The average Bonchev–Trinajstić information content (AvgIpc) is 2.46. The number of rotatable bonds is 2. The van der Waals surface area contributed by atoms with E-state index in [1.807, 2.05) is 13.8 Å². The number of amides is 2. The number of carbonyl (C=O) groups is 2. The maximum absolute atomic E-state index is 11.9. The molecular formula is C16H14Cl2N2O2. The van der Waals surface area contributed by atoms with Crippen LogP contribution in [0.2, 0.25) is 10.0 Å². The first-order valence-electron chi connectivity index (χ1n) is 6.51. The lowest BCUT2D eigenvalue weighted by Gasteiger charge is -2.09. The minimum Gasteiger partial charge on any atom is -0.318 e. The fourth-order valence-electron chi connectivity index (χ4n) is 1.77. The summed E-state index contributed by atoms with van der Waals surface area (Å²) in [6.45, 7) is 3.66. The van der Waals surface area contributed by atoms with E-state index in [4.69, 9.17) is 23.2 Å². The summed E-state index contributed by atoms with van der Waals surface area (Å²) < 4.78 is 0. The summed E-state index contributed by atoms with van der Waals surface area (Å²) in [7, 11) is 0. The van der Waals surface area contributed by atoms with Crippen molar-refractivity contribution in [2.45, 2.75) is 13.8 Å². The van der Waals surface area contributed by atoms with Crippen molar-refractivity contribution in [3.05, 3.63) is 57.6 Å². The monoisotopic (exact) mass is 336 g/mol. The van der Waals surface area contributed by atoms with Crippen molar-refractivity contribution in [3.8, 4) is 0 Å². The molecule has 0 unspecified atom stereocenters. The molecule has 2 amide bonds. The predicted octanol–water partition coefficient (Wildman–Crippen LogP) is 4.19. The van der Waals surface area contributed by atoms with Gasteiger partial charge >= 0.3 is 11.8 Å². The van der Waals surface area contributed by atoms with E-state index in [1.54, 1.807) is 36.4 Å². The topological polar surface area (TPSA) is 58.2 Å². The van der Waals surface area contributed by atoms with Crippen LogP contribution in [0.5, 0.6) is 0 Å². The van der Waals surface area contributed by atoms with Crippen molar-refractivity contribution in [2.24, 2.45) is 0 Å². The van der Waals surface area contributed by atoms with E-state index in [1.165, 1.54) is 0 Å². The van der Waals surface area contributed by atoms with E-state index < -0.39 is 11.8 Å². The highest BCUT2D eigenvalue weighted by Crippen LogP contribution is 2.21. The highest BCUT2D eigenvalue weighted by atomic mass is 35.5. The van der Waals surface area contributed by atoms with Gasteiger partial charge in [0.2, 0.25) is 0 Å². The second-order valence-electron chi connectivity index (χ2n) is 4.83. The van der Waals surface area contributed by atoms with Crippen LogP contribution in [-0.2, 0) is 9.59 Å². The number of aryl methyl sites for hydroxylation is 2. The summed E-state index contributed by atoms with van der Waals surface area (Å²) in [6.07, 6.45) is 0. The maximum atomic E-state index is 11.9. The Kier molecular flexibility index (Phi) is 5.06. The molecule has 0 heterocycles. The summed E-state index contributed by atoms with van der Waals surface area (Å²) in [4.78, 5) is 23.8. The third-order valence-corrected chi connectivity index (χ3v) is 3.73. The quantitative estimate of drug-likeness (QED) is 0.808. The Balaban J connectivity index is 2.07. The normalized spacial score (nSPS) is 10.2. The zero-order valence-corrected chi connectivity index (χ0v) is 13.5. The van der Waals surface area contributed by atoms with Gasteiger partial charge in [0.25, 0.3) is 0 Å². The number of halogens is 2. The number of hydrogen-bond donors (Lipinski definition) is 2. The Labute approximate surface area is 138 Å². The molecule has 6 heteroatoms. The van der Waals surface area contributed by atoms with Crippen LogP contribution in [0.1, 0.15) is 11.1 Å². The van der Waals surface area contributed by atoms with Gasteiger partial charge in [0.05, 0.1) is 0 Å². The molecule has 0 saturated carbocycles. The van der Waals surface area contributed by atoms with Gasteiger partial charge in [0.1, 0.15) is 0 Å². The van der Waals surface area contributed by atoms with E-state index >= 15 is 0 Å². The molecule has 114 valence electrons. The van der Waals surface area contributed by atoms with E-state index in [0.29, 0.717) is 21.4 Å². The molecule has 0 atom stereocenters. The van der Waals surface area contributed by atoms with Crippen LogP contribution in [0, 0.1) is 13.8 Å². The maximum Gasteiger partial charge on any atom is 0.314 e. The number of carbonyl (C=O) groups excluding carboxylic acids is 2. The van der Waals surface area contributed by atoms with E-state index in [0.717, 1.165) is 11.1 Å². The average molecular weight is 337 g/mol. The van der Waals surface area contributed by atoms with Gasteiger partial charge in [-0.25, -0.2) is 0 Å². The van der Waals surface area contributed by atoms with Crippen molar-refractivity contribution in [3.63, 3.8) is 0 Å². The van der Waals surface area contributed by atoms with Crippen LogP contribution in [0.25, 0.3) is 0 Å². The van der Waals surface area contributed by atoms with Crippen LogP contribution in [0.3, 0.4) is 0 Å². The molecule has 0 spiro atoms. The van der Waals surface area contributed by atoms with Gasteiger partial charge in [-0.05, 0) is 49.2 Å². The van der Waals surface area contributed by atoms with Gasteiger partial charge in [0, 0.05) is 21.4 Å². The van der Waals surface area contributed by atoms with Crippen LogP contribution >= 0.6 is 23.2 Å². The van der Waals surface area contributed by atoms with Gasteiger partial charge < -0.3 is 10.6 Å². The molecule has 0 saturated heterocycles. The number of nitrogens with one attached hydrogen (secondary N) is 2. The fourth-order valence-corrected chi connectivity index (χ4v) is 2.12. The highest BCUT2D eigenvalue weighted by molar-refractivity contribution is 6.44. The molecule has 2 aromatic rings. The SMILES string of the molecule is Cc1ccc(NC(=O)C(=O)Nc2cc(Cl)ccc2C)cc1Cl. The third-order valence-electron chi connectivity index (χ3n) is 3.08. The first-order valence-corrected chi connectivity index (χ1v) is 7.27. The Morgan fingerprint density at radius 1 is 0.864 bits per heavy atom. The van der Waals surface area contributed by atoms with Crippen LogP contribution < -0.4 is 10.6 Å². The van der Waals surface area contributed by atoms with Gasteiger partial charge in [-0.3, -0.25) is 9.59 Å². The fraction of sp³-hybridized carbons (Fsp3) is 0.125. The van der Waals surface area contributed by atoms with Gasteiger partial charge in [-0.15, -0.1) is 0 Å². The second kappa shape index (κ2) is 6.81. The molecule has 0 fully saturated rings. The molecule has 22 heavy (non-hydrogen) atoms. The Morgan fingerprint density at radius 2 is 1.50 bits per heavy atom. The third kappa shape index (κ3) is 4.00. The van der Waals surface area contributed by atoms with Crippen molar-refractivity contribution >= 4 is 46.4 Å². The van der Waals surface area contributed by atoms with Gasteiger partial charge in [-0.1, -0.05) is 35.3 Å². The summed E-state index contributed by atoms with van der Waals surface area (Å²) in [5.74, 6) is -1.55. The summed E-state index contributed by atoms with van der Waals surface area (Å²) in [5, 5.41) is 6.02. The minimum absolute atomic E-state index is 0.457. The Bertz CT molecular complexity index is 745. The molecule has 2 rings (SSSR count). The molecule has 0 aliphatic carbocycles. The number of benzene rings is 2. The summed E-state index contributed by atoms with van der Waals surface area (Å²) in [5.41, 5.74) is 2.65. The second-order valence-corrected chi connectivity index (χ2v) is 5.68. The van der Waals surface area contributed by atoms with Crippen molar-refractivity contribution in [2.75, 3.05) is 10.6 Å². The largest absolute Gasteiger partial charge is 0.318 e. The molecule has 0 aromatic heterocycles. The Hall–Kier alpha value is -2.04. The number of anilines is 2. The van der Waals surface area contributed by atoms with Crippen LogP contribution in [0.4, 0.5) is 11.4 Å². The predicted molar refractivity (Wildman–Crippen MR) is 89.6 cm³/mol.